The average Bonchev–Trinajstić information content (AvgIpc) is 2.44. The van der Waals surface area contributed by atoms with E-state index < -0.39 is 0 Å². The summed E-state index contributed by atoms with van der Waals surface area (Å²) in [7, 11) is 3.61. The Morgan fingerprint density at radius 2 is 1.95 bits per heavy atom. The zero-order valence-electron chi connectivity index (χ0n) is 11.7. The van der Waals surface area contributed by atoms with Gasteiger partial charge in [0.15, 0.2) is 0 Å². The minimum atomic E-state index is -0.324. The molecule has 0 bridgehead atoms. The molecule has 0 amide bonds. The van der Waals surface area contributed by atoms with Crippen molar-refractivity contribution < 1.29 is 19.0 Å². The highest BCUT2D eigenvalue weighted by Gasteiger charge is 2.04. The third kappa shape index (κ3) is 5.61. The predicted octanol–water partition coefficient (Wildman–Crippen LogP) is 1.71. The summed E-state index contributed by atoms with van der Waals surface area (Å²) in [5.41, 5.74) is 1.07. The summed E-state index contributed by atoms with van der Waals surface area (Å²) in [4.78, 5) is 13.1. The molecule has 5 nitrogen and oxygen atoms in total. The second kappa shape index (κ2) is 8.37. The number of rotatable bonds is 8. The first-order valence-corrected chi connectivity index (χ1v) is 6.26. The molecule has 0 heterocycles. The SMILES string of the molecule is CCOC(=O)COCCN(C)c1ccc(OC)cc1. The Labute approximate surface area is 114 Å². The molecule has 1 aromatic rings. The maximum Gasteiger partial charge on any atom is 0.332 e. The topological polar surface area (TPSA) is 48.0 Å². The van der Waals surface area contributed by atoms with Gasteiger partial charge in [-0.25, -0.2) is 4.79 Å². The fraction of sp³-hybridized carbons (Fsp3) is 0.500. The van der Waals surface area contributed by atoms with Crippen molar-refractivity contribution in [1.82, 2.24) is 0 Å². The van der Waals surface area contributed by atoms with Crippen molar-refractivity contribution in [3.8, 4) is 5.75 Å². The number of carbonyl (C=O) groups excluding carboxylic acids is 1. The van der Waals surface area contributed by atoms with Crippen molar-refractivity contribution >= 4 is 11.7 Å². The third-order valence-electron chi connectivity index (χ3n) is 2.61. The lowest BCUT2D eigenvalue weighted by Gasteiger charge is -2.19. The minimum absolute atomic E-state index is 0.00426. The maximum absolute atomic E-state index is 11.1. The van der Waals surface area contributed by atoms with Crippen LogP contribution in [0.25, 0.3) is 0 Å². The predicted molar refractivity (Wildman–Crippen MR) is 73.7 cm³/mol. The first-order valence-electron chi connectivity index (χ1n) is 6.26. The van der Waals surface area contributed by atoms with Crippen molar-refractivity contribution in [2.75, 3.05) is 45.4 Å². The van der Waals surface area contributed by atoms with Crippen molar-refractivity contribution in [2.24, 2.45) is 0 Å². The van der Waals surface area contributed by atoms with Gasteiger partial charge in [-0.2, -0.15) is 0 Å². The lowest BCUT2D eigenvalue weighted by atomic mass is 10.3. The second-order valence-corrected chi connectivity index (χ2v) is 3.98. The van der Waals surface area contributed by atoms with Crippen LogP contribution in [0, 0.1) is 0 Å². The smallest absolute Gasteiger partial charge is 0.332 e. The van der Waals surface area contributed by atoms with E-state index in [1.807, 2.05) is 36.2 Å². The number of methoxy groups -OCH3 is 1. The Balaban J connectivity index is 2.26. The molecule has 0 spiro atoms. The Hall–Kier alpha value is -1.75. The van der Waals surface area contributed by atoms with Gasteiger partial charge in [-0.3, -0.25) is 0 Å². The lowest BCUT2D eigenvalue weighted by molar-refractivity contribution is -0.148. The molecule has 0 aliphatic rings. The van der Waals surface area contributed by atoms with Crippen LogP contribution in [0.5, 0.6) is 5.75 Å². The Kier molecular flexibility index (Phi) is 6.74. The number of esters is 1. The van der Waals surface area contributed by atoms with Crippen molar-refractivity contribution in [3.63, 3.8) is 0 Å². The number of carbonyl (C=O) groups is 1. The summed E-state index contributed by atoms with van der Waals surface area (Å²) in [5.74, 6) is 0.505. The average molecular weight is 267 g/mol. The molecule has 0 fully saturated rings. The fourth-order valence-corrected chi connectivity index (χ4v) is 1.53. The number of hydrogen-bond acceptors (Lipinski definition) is 5. The van der Waals surface area contributed by atoms with Gasteiger partial charge in [0.05, 0.1) is 20.3 Å². The third-order valence-corrected chi connectivity index (χ3v) is 2.61. The zero-order chi connectivity index (χ0) is 14.1. The molecule has 0 unspecified atom stereocenters. The van der Waals surface area contributed by atoms with E-state index in [4.69, 9.17) is 14.2 Å². The van der Waals surface area contributed by atoms with E-state index in [0.29, 0.717) is 19.8 Å². The van der Waals surface area contributed by atoms with Crippen LogP contribution in [-0.2, 0) is 14.3 Å². The number of ether oxygens (including phenoxy) is 3. The number of hydrogen-bond donors (Lipinski definition) is 0. The van der Waals surface area contributed by atoms with Gasteiger partial charge in [0.25, 0.3) is 0 Å². The van der Waals surface area contributed by atoms with Crippen LogP contribution in [-0.4, -0.2) is 46.5 Å². The molecule has 1 rings (SSSR count). The first kappa shape index (κ1) is 15.3. The second-order valence-electron chi connectivity index (χ2n) is 3.98. The van der Waals surface area contributed by atoms with Crippen molar-refractivity contribution in [2.45, 2.75) is 6.92 Å². The van der Waals surface area contributed by atoms with E-state index in [1.165, 1.54) is 0 Å². The molecule has 106 valence electrons. The van der Waals surface area contributed by atoms with Gasteiger partial charge < -0.3 is 19.1 Å². The molecule has 0 saturated carbocycles. The maximum atomic E-state index is 11.1. The van der Waals surface area contributed by atoms with Crippen LogP contribution in [0.2, 0.25) is 0 Å². The molecule has 5 heteroatoms. The number of anilines is 1. The summed E-state index contributed by atoms with van der Waals surface area (Å²) in [5, 5.41) is 0. The van der Waals surface area contributed by atoms with Crippen LogP contribution < -0.4 is 9.64 Å². The Bertz CT molecular complexity index is 378. The van der Waals surface area contributed by atoms with Gasteiger partial charge in [0, 0.05) is 19.3 Å². The van der Waals surface area contributed by atoms with Crippen LogP contribution in [0.1, 0.15) is 6.92 Å². The van der Waals surface area contributed by atoms with E-state index >= 15 is 0 Å². The minimum Gasteiger partial charge on any atom is -0.497 e. The van der Waals surface area contributed by atoms with Gasteiger partial charge >= 0.3 is 5.97 Å². The van der Waals surface area contributed by atoms with E-state index in [9.17, 15) is 4.79 Å². The molecule has 0 aliphatic carbocycles. The van der Waals surface area contributed by atoms with Crippen LogP contribution in [0.4, 0.5) is 5.69 Å². The van der Waals surface area contributed by atoms with Gasteiger partial charge in [0.2, 0.25) is 0 Å². The molecule has 0 aromatic heterocycles. The molecule has 0 atom stereocenters. The van der Waals surface area contributed by atoms with Crippen LogP contribution in [0.15, 0.2) is 24.3 Å². The standard InChI is InChI=1S/C14H21NO4/c1-4-19-14(16)11-18-10-9-15(2)12-5-7-13(17-3)8-6-12/h5-8H,4,9-11H2,1-3H3. The molecule has 0 radical (unpaired) electrons. The fourth-order valence-electron chi connectivity index (χ4n) is 1.53. The molecule has 19 heavy (non-hydrogen) atoms. The molecule has 0 saturated heterocycles. The Morgan fingerprint density at radius 1 is 1.26 bits per heavy atom. The largest absolute Gasteiger partial charge is 0.497 e. The monoisotopic (exact) mass is 267 g/mol. The van der Waals surface area contributed by atoms with Gasteiger partial charge in [-0.05, 0) is 31.2 Å². The summed E-state index contributed by atoms with van der Waals surface area (Å²) < 4.78 is 15.1. The van der Waals surface area contributed by atoms with Gasteiger partial charge in [-0.1, -0.05) is 0 Å². The summed E-state index contributed by atoms with van der Waals surface area (Å²) in [6, 6.07) is 7.77. The number of benzene rings is 1. The summed E-state index contributed by atoms with van der Waals surface area (Å²) in [6.07, 6.45) is 0. The molecule has 0 aliphatic heterocycles. The van der Waals surface area contributed by atoms with Crippen LogP contribution in [0.3, 0.4) is 0 Å². The number of likely N-dealkylation sites (N-methyl/N-ethyl adjacent to an activating group) is 1. The molecule has 0 N–H and O–H groups in total. The summed E-state index contributed by atoms with van der Waals surface area (Å²) >= 11 is 0. The van der Waals surface area contributed by atoms with E-state index in [0.717, 1.165) is 11.4 Å². The molecule has 1 aromatic carbocycles. The lowest BCUT2D eigenvalue weighted by Crippen LogP contribution is -2.24. The van der Waals surface area contributed by atoms with Crippen molar-refractivity contribution in [3.05, 3.63) is 24.3 Å². The number of nitrogens with zero attached hydrogens (tertiary/aromatic N) is 1. The van der Waals surface area contributed by atoms with Crippen LogP contribution >= 0.6 is 0 Å². The van der Waals surface area contributed by atoms with Gasteiger partial charge in [-0.15, -0.1) is 0 Å². The first-order chi connectivity index (χ1) is 9.17. The normalized spacial score (nSPS) is 10.1. The zero-order valence-corrected chi connectivity index (χ0v) is 11.7. The van der Waals surface area contributed by atoms with Crippen molar-refractivity contribution in [1.29, 1.82) is 0 Å². The Morgan fingerprint density at radius 3 is 2.53 bits per heavy atom. The highest BCUT2D eigenvalue weighted by atomic mass is 16.6. The van der Waals surface area contributed by atoms with E-state index in [-0.39, 0.29) is 12.6 Å². The molecular formula is C14H21NO4. The highest BCUT2D eigenvalue weighted by molar-refractivity contribution is 5.70. The highest BCUT2D eigenvalue weighted by Crippen LogP contribution is 2.17. The molecular weight excluding hydrogens is 246 g/mol. The quantitative estimate of drug-likeness (QED) is 0.530. The van der Waals surface area contributed by atoms with E-state index in [2.05, 4.69) is 0 Å². The van der Waals surface area contributed by atoms with E-state index in [1.54, 1.807) is 14.0 Å². The van der Waals surface area contributed by atoms with Gasteiger partial charge in [0.1, 0.15) is 12.4 Å². The summed E-state index contributed by atoms with van der Waals surface area (Å²) in [6.45, 7) is 3.33.